The van der Waals surface area contributed by atoms with Crippen molar-refractivity contribution in [2.24, 2.45) is 11.3 Å². The van der Waals surface area contributed by atoms with Crippen molar-refractivity contribution in [1.29, 1.82) is 0 Å². The highest BCUT2D eigenvalue weighted by molar-refractivity contribution is 6.36. The molecule has 0 radical (unpaired) electrons. The van der Waals surface area contributed by atoms with Gasteiger partial charge in [0.05, 0.1) is 14.2 Å². The van der Waals surface area contributed by atoms with Gasteiger partial charge in [0.1, 0.15) is 11.2 Å². The van der Waals surface area contributed by atoms with E-state index in [1.807, 2.05) is 68.4 Å². The fourth-order valence-electron chi connectivity index (χ4n) is 4.76. The van der Waals surface area contributed by atoms with E-state index in [9.17, 15) is 9.59 Å². The van der Waals surface area contributed by atoms with Crippen molar-refractivity contribution in [1.82, 2.24) is 0 Å². The number of fused-ring (bicyclic) bond motifs is 1. The summed E-state index contributed by atoms with van der Waals surface area (Å²) in [5.41, 5.74) is 2.28. The molecule has 0 aromatic heterocycles. The Hall–Kier alpha value is -2.88. The van der Waals surface area contributed by atoms with Crippen molar-refractivity contribution in [2.75, 3.05) is 14.2 Å². The third-order valence-corrected chi connectivity index (χ3v) is 5.91. The summed E-state index contributed by atoms with van der Waals surface area (Å²) in [4.78, 5) is 26.4. The summed E-state index contributed by atoms with van der Waals surface area (Å²) < 4.78 is 10.5. The molecule has 1 fully saturated rings. The van der Waals surface area contributed by atoms with E-state index in [4.69, 9.17) is 9.47 Å². The second kappa shape index (κ2) is 8.64. The Balaban J connectivity index is 0.00000117. The summed E-state index contributed by atoms with van der Waals surface area (Å²) in [6.07, 6.45) is 2.19. The van der Waals surface area contributed by atoms with Crippen molar-refractivity contribution >= 4 is 22.9 Å². The van der Waals surface area contributed by atoms with Gasteiger partial charge in [-0.25, -0.2) is 0 Å². The van der Waals surface area contributed by atoms with Gasteiger partial charge in [-0.1, -0.05) is 62.7 Å². The number of ether oxygens (including phenoxy) is 2. The number of methoxy groups -OCH3 is 2. The number of carbonyl (C=O) groups excluding carboxylic acids is 2. The second-order valence-corrected chi connectivity index (χ2v) is 7.12. The number of carbonyl (C=O) groups is 2. The molecule has 29 heavy (non-hydrogen) atoms. The van der Waals surface area contributed by atoms with Gasteiger partial charge in [0.15, 0.2) is 5.78 Å². The maximum absolute atomic E-state index is 13.4. The Morgan fingerprint density at radius 1 is 0.966 bits per heavy atom. The first-order valence-corrected chi connectivity index (χ1v) is 10.2. The molecule has 0 saturated heterocycles. The van der Waals surface area contributed by atoms with E-state index in [1.54, 1.807) is 7.11 Å². The zero-order valence-corrected chi connectivity index (χ0v) is 17.5. The Morgan fingerprint density at radius 2 is 1.62 bits per heavy atom. The van der Waals surface area contributed by atoms with Crippen molar-refractivity contribution in [3.8, 4) is 5.75 Å². The summed E-state index contributed by atoms with van der Waals surface area (Å²) >= 11 is 0. The monoisotopic (exact) mass is 392 g/mol. The Kier molecular flexibility index (Phi) is 6.21. The highest BCUT2D eigenvalue weighted by Crippen LogP contribution is 2.61. The van der Waals surface area contributed by atoms with Crippen LogP contribution in [0.3, 0.4) is 0 Å². The maximum Gasteiger partial charge on any atom is 0.317 e. The number of benzene rings is 2. The van der Waals surface area contributed by atoms with E-state index in [0.717, 1.165) is 28.9 Å². The lowest BCUT2D eigenvalue weighted by molar-refractivity contribution is -0.152. The number of hydrogen-bond acceptors (Lipinski definition) is 4. The summed E-state index contributed by atoms with van der Waals surface area (Å²) in [6, 6.07) is 17.2. The van der Waals surface area contributed by atoms with E-state index in [2.05, 4.69) is 0 Å². The lowest BCUT2D eigenvalue weighted by Crippen LogP contribution is -2.36. The Labute approximate surface area is 172 Å². The van der Waals surface area contributed by atoms with Crippen LogP contribution in [0.15, 0.2) is 54.6 Å². The van der Waals surface area contributed by atoms with Crippen LogP contribution in [-0.4, -0.2) is 26.0 Å². The van der Waals surface area contributed by atoms with Gasteiger partial charge in [-0.15, -0.1) is 0 Å². The molecule has 2 aromatic rings. The van der Waals surface area contributed by atoms with Gasteiger partial charge in [0.2, 0.25) is 0 Å². The van der Waals surface area contributed by atoms with Crippen LogP contribution in [0.1, 0.15) is 44.2 Å². The lowest BCUT2D eigenvalue weighted by Gasteiger charge is -2.29. The molecular weight excluding hydrogens is 364 g/mol. The van der Waals surface area contributed by atoms with E-state index in [0.29, 0.717) is 18.4 Å². The molecule has 0 N–H and O–H groups in total. The van der Waals surface area contributed by atoms with Gasteiger partial charge in [0.25, 0.3) is 0 Å². The molecule has 2 unspecified atom stereocenters. The predicted molar refractivity (Wildman–Crippen MR) is 114 cm³/mol. The molecule has 4 nitrogen and oxygen atoms in total. The van der Waals surface area contributed by atoms with Crippen LogP contribution >= 0.6 is 0 Å². The SMILES string of the molecule is CC.COC(=O)C12CCCC1C(=O)C(c1ccccc1)=C2c1ccc(OC)cc1. The number of hydrogen-bond donors (Lipinski definition) is 0. The number of rotatable bonds is 4. The number of Topliss-reactive ketones (excluding diaryl/α,β-unsaturated/α-hetero) is 1. The van der Waals surface area contributed by atoms with Gasteiger partial charge in [-0.2, -0.15) is 0 Å². The summed E-state index contributed by atoms with van der Waals surface area (Å²) in [7, 11) is 3.02. The Bertz CT molecular complexity index is 912. The predicted octanol–water partition coefficient (Wildman–Crippen LogP) is 5.17. The Morgan fingerprint density at radius 3 is 2.21 bits per heavy atom. The first-order chi connectivity index (χ1) is 14.1. The standard InChI is InChI=1S/C23H22O4.C2H6/c1-26-17-12-10-16(11-13-17)20-19(15-7-4-3-5-8-15)21(24)18-9-6-14-23(18,20)22(25)27-2;1-2/h3-5,7-8,10-13,18H,6,9,14H2,1-2H3;1-2H3. The van der Waals surface area contributed by atoms with E-state index >= 15 is 0 Å². The quantitative estimate of drug-likeness (QED) is 0.673. The molecule has 2 aromatic carbocycles. The zero-order chi connectivity index (χ0) is 21.0. The van der Waals surface area contributed by atoms with E-state index in [1.165, 1.54) is 7.11 Å². The fourth-order valence-corrected chi connectivity index (χ4v) is 4.76. The van der Waals surface area contributed by atoms with Crippen LogP contribution in [-0.2, 0) is 14.3 Å². The molecule has 0 aliphatic heterocycles. The lowest BCUT2D eigenvalue weighted by atomic mass is 9.73. The summed E-state index contributed by atoms with van der Waals surface area (Å²) in [6.45, 7) is 4.00. The molecule has 2 atom stereocenters. The van der Waals surface area contributed by atoms with E-state index in [-0.39, 0.29) is 17.7 Å². The van der Waals surface area contributed by atoms with Crippen LogP contribution in [0, 0.1) is 11.3 Å². The van der Waals surface area contributed by atoms with Gasteiger partial charge in [0, 0.05) is 11.5 Å². The topological polar surface area (TPSA) is 52.6 Å². The third-order valence-electron chi connectivity index (χ3n) is 5.91. The first kappa shape index (κ1) is 20.8. The molecule has 4 heteroatoms. The molecule has 2 aliphatic carbocycles. The zero-order valence-electron chi connectivity index (χ0n) is 17.5. The molecule has 1 saturated carbocycles. The smallest absolute Gasteiger partial charge is 0.317 e. The van der Waals surface area contributed by atoms with Gasteiger partial charge < -0.3 is 9.47 Å². The average Bonchev–Trinajstić information content (AvgIpc) is 3.33. The second-order valence-electron chi connectivity index (χ2n) is 7.12. The summed E-state index contributed by atoms with van der Waals surface area (Å²) in [5, 5.41) is 0. The van der Waals surface area contributed by atoms with Crippen molar-refractivity contribution < 1.29 is 19.1 Å². The molecule has 0 spiro atoms. The van der Waals surface area contributed by atoms with Gasteiger partial charge >= 0.3 is 5.97 Å². The number of ketones is 1. The molecule has 0 heterocycles. The number of allylic oxidation sites excluding steroid dienone is 1. The molecule has 2 aliphatic rings. The normalized spacial score (nSPS) is 22.6. The minimum Gasteiger partial charge on any atom is -0.497 e. The van der Waals surface area contributed by atoms with Crippen LogP contribution in [0.25, 0.3) is 11.1 Å². The van der Waals surface area contributed by atoms with Crippen LogP contribution in [0.4, 0.5) is 0 Å². The minimum absolute atomic E-state index is 0.0509. The highest BCUT2D eigenvalue weighted by Gasteiger charge is 2.61. The average molecular weight is 392 g/mol. The fraction of sp³-hybridized carbons (Fsp3) is 0.360. The molecule has 152 valence electrons. The molecule has 0 bridgehead atoms. The molecule has 0 amide bonds. The van der Waals surface area contributed by atoms with Crippen LogP contribution < -0.4 is 4.74 Å². The largest absolute Gasteiger partial charge is 0.497 e. The molecular formula is C25H28O4. The van der Waals surface area contributed by atoms with Crippen molar-refractivity contribution in [3.63, 3.8) is 0 Å². The third kappa shape index (κ3) is 3.27. The van der Waals surface area contributed by atoms with Crippen LogP contribution in [0.5, 0.6) is 5.75 Å². The summed E-state index contributed by atoms with van der Waals surface area (Å²) in [5.74, 6) is 0.127. The van der Waals surface area contributed by atoms with E-state index < -0.39 is 5.41 Å². The maximum atomic E-state index is 13.4. The highest BCUT2D eigenvalue weighted by atomic mass is 16.5. The first-order valence-electron chi connectivity index (χ1n) is 10.2. The van der Waals surface area contributed by atoms with Crippen LogP contribution in [0.2, 0.25) is 0 Å². The van der Waals surface area contributed by atoms with Crippen molar-refractivity contribution in [3.05, 3.63) is 65.7 Å². The molecule has 4 rings (SSSR count). The van der Waals surface area contributed by atoms with Gasteiger partial charge in [-0.3, -0.25) is 9.59 Å². The number of esters is 1. The van der Waals surface area contributed by atoms with Crippen molar-refractivity contribution in [2.45, 2.75) is 33.1 Å². The van der Waals surface area contributed by atoms with Gasteiger partial charge in [-0.05, 0) is 41.7 Å². The minimum atomic E-state index is -0.897.